The largest absolute Gasteiger partial charge is 0.346 e. The van der Waals surface area contributed by atoms with Crippen LogP contribution in [-0.4, -0.2) is 40.9 Å². The van der Waals surface area contributed by atoms with Gasteiger partial charge in [-0.1, -0.05) is 0 Å². The highest BCUT2D eigenvalue weighted by molar-refractivity contribution is 6.17. The summed E-state index contributed by atoms with van der Waals surface area (Å²) in [4.78, 5) is 10.1. The SMILES string of the molecule is CN1CCCC(c2cnc(CCCl)[nH]2)C1. The molecule has 1 aliphatic heterocycles. The number of imidazole rings is 1. The van der Waals surface area contributed by atoms with Crippen LogP contribution in [0.15, 0.2) is 6.20 Å². The molecule has 1 aliphatic rings. The predicted molar refractivity (Wildman–Crippen MR) is 62.5 cm³/mol. The fourth-order valence-electron chi connectivity index (χ4n) is 2.22. The van der Waals surface area contributed by atoms with Gasteiger partial charge in [0.25, 0.3) is 0 Å². The number of likely N-dealkylation sites (tertiary alicyclic amines) is 1. The number of nitrogens with zero attached hydrogens (tertiary/aromatic N) is 2. The summed E-state index contributed by atoms with van der Waals surface area (Å²) in [7, 11) is 2.18. The standard InChI is InChI=1S/C11H18ClN3/c1-15-6-2-3-9(8-15)10-7-13-11(14-10)4-5-12/h7,9H,2-6,8H2,1H3,(H,13,14). The monoisotopic (exact) mass is 227 g/mol. The van der Waals surface area contributed by atoms with E-state index in [1.54, 1.807) is 0 Å². The zero-order valence-electron chi connectivity index (χ0n) is 9.17. The lowest BCUT2D eigenvalue weighted by Gasteiger charge is -2.28. The Morgan fingerprint density at radius 1 is 1.67 bits per heavy atom. The molecule has 0 amide bonds. The third kappa shape index (κ3) is 2.73. The number of aryl methyl sites for hydroxylation is 1. The van der Waals surface area contributed by atoms with Gasteiger partial charge in [-0.05, 0) is 26.4 Å². The molecular weight excluding hydrogens is 210 g/mol. The highest BCUT2D eigenvalue weighted by Gasteiger charge is 2.20. The van der Waals surface area contributed by atoms with Crippen LogP contribution in [0.1, 0.15) is 30.3 Å². The second-order valence-electron chi connectivity index (χ2n) is 4.33. The summed E-state index contributed by atoms with van der Waals surface area (Å²) in [5.41, 5.74) is 1.28. The Hall–Kier alpha value is -0.540. The van der Waals surface area contributed by atoms with E-state index < -0.39 is 0 Å². The molecule has 15 heavy (non-hydrogen) atoms. The fourth-order valence-corrected chi connectivity index (χ4v) is 2.40. The molecule has 3 nitrogen and oxygen atoms in total. The fraction of sp³-hybridized carbons (Fsp3) is 0.727. The molecule has 1 aromatic heterocycles. The van der Waals surface area contributed by atoms with Crippen LogP contribution >= 0.6 is 11.6 Å². The summed E-state index contributed by atoms with van der Waals surface area (Å²) in [5, 5.41) is 0. The lowest BCUT2D eigenvalue weighted by atomic mass is 9.96. The number of halogens is 1. The van der Waals surface area contributed by atoms with Crippen molar-refractivity contribution in [3.63, 3.8) is 0 Å². The molecule has 1 atom stereocenters. The molecule has 1 unspecified atom stereocenters. The van der Waals surface area contributed by atoms with E-state index in [9.17, 15) is 0 Å². The van der Waals surface area contributed by atoms with Crippen molar-refractivity contribution in [3.8, 4) is 0 Å². The lowest BCUT2D eigenvalue weighted by molar-refractivity contribution is 0.248. The van der Waals surface area contributed by atoms with E-state index in [1.165, 1.54) is 25.1 Å². The van der Waals surface area contributed by atoms with Gasteiger partial charge in [0.1, 0.15) is 5.82 Å². The molecule has 1 N–H and O–H groups in total. The van der Waals surface area contributed by atoms with Gasteiger partial charge in [-0.25, -0.2) is 4.98 Å². The molecule has 4 heteroatoms. The molecule has 2 heterocycles. The summed E-state index contributed by atoms with van der Waals surface area (Å²) < 4.78 is 0. The molecule has 0 radical (unpaired) electrons. The van der Waals surface area contributed by atoms with Gasteiger partial charge in [0, 0.05) is 36.7 Å². The molecule has 0 saturated carbocycles. The average molecular weight is 228 g/mol. The summed E-state index contributed by atoms with van der Waals surface area (Å²) in [6, 6.07) is 0. The maximum atomic E-state index is 5.69. The number of likely N-dealkylation sites (N-methyl/N-ethyl adjacent to an activating group) is 1. The second-order valence-corrected chi connectivity index (χ2v) is 4.70. The number of hydrogen-bond donors (Lipinski definition) is 1. The van der Waals surface area contributed by atoms with Crippen LogP contribution in [0.4, 0.5) is 0 Å². The van der Waals surface area contributed by atoms with Crippen LogP contribution in [-0.2, 0) is 6.42 Å². The topological polar surface area (TPSA) is 31.9 Å². The number of aromatic nitrogens is 2. The van der Waals surface area contributed by atoms with E-state index in [-0.39, 0.29) is 0 Å². The van der Waals surface area contributed by atoms with E-state index in [1.807, 2.05) is 6.20 Å². The quantitative estimate of drug-likeness (QED) is 0.802. The summed E-state index contributed by atoms with van der Waals surface area (Å²) in [6.45, 7) is 2.36. The van der Waals surface area contributed by atoms with Crippen LogP contribution in [0, 0.1) is 0 Å². The number of alkyl halides is 1. The summed E-state index contributed by atoms with van der Waals surface area (Å²) >= 11 is 5.69. The van der Waals surface area contributed by atoms with Crippen molar-refractivity contribution in [1.82, 2.24) is 14.9 Å². The molecule has 0 bridgehead atoms. The molecule has 0 aliphatic carbocycles. The van der Waals surface area contributed by atoms with Crippen LogP contribution in [0.25, 0.3) is 0 Å². The van der Waals surface area contributed by atoms with E-state index in [4.69, 9.17) is 11.6 Å². The number of H-pyrrole nitrogens is 1. The van der Waals surface area contributed by atoms with Gasteiger partial charge in [0.05, 0.1) is 0 Å². The van der Waals surface area contributed by atoms with Crippen molar-refractivity contribution < 1.29 is 0 Å². The minimum Gasteiger partial charge on any atom is -0.346 e. The Kier molecular flexibility index (Phi) is 3.65. The normalized spacial score (nSPS) is 23.2. The Labute approximate surface area is 95.8 Å². The third-order valence-electron chi connectivity index (χ3n) is 3.04. The number of rotatable bonds is 3. The van der Waals surface area contributed by atoms with E-state index in [0.717, 1.165) is 18.8 Å². The Morgan fingerprint density at radius 2 is 2.53 bits per heavy atom. The highest BCUT2D eigenvalue weighted by atomic mass is 35.5. The summed E-state index contributed by atoms with van der Waals surface area (Å²) in [5.74, 6) is 2.28. The van der Waals surface area contributed by atoms with Gasteiger partial charge in [-0.3, -0.25) is 0 Å². The van der Waals surface area contributed by atoms with E-state index >= 15 is 0 Å². The van der Waals surface area contributed by atoms with Crippen molar-refractivity contribution in [2.24, 2.45) is 0 Å². The molecule has 0 spiro atoms. The molecule has 2 rings (SSSR count). The average Bonchev–Trinajstić information content (AvgIpc) is 2.67. The molecule has 1 fully saturated rings. The van der Waals surface area contributed by atoms with Crippen LogP contribution in [0.3, 0.4) is 0 Å². The number of aromatic amines is 1. The van der Waals surface area contributed by atoms with Crippen LogP contribution in [0.5, 0.6) is 0 Å². The first-order valence-corrected chi connectivity index (χ1v) is 6.11. The number of piperidine rings is 1. The predicted octanol–water partition coefficient (Wildman–Crippen LogP) is 2.00. The number of hydrogen-bond acceptors (Lipinski definition) is 2. The second kappa shape index (κ2) is 4.99. The van der Waals surface area contributed by atoms with E-state index in [0.29, 0.717) is 11.8 Å². The van der Waals surface area contributed by atoms with Crippen LogP contribution < -0.4 is 0 Å². The minimum atomic E-state index is 0.625. The van der Waals surface area contributed by atoms with Crippen molar-refractivity contribution >= 4 is 11.6 Å². The Bertz CT molecular complexity index is 311. The highest BCUT2D eigenvalue weighted by Crippen LogP contribution is 2.24. The van der Waals surface area contributed by atoms with Gasteiger partial charge >= 0.3 is 0 Å². The molecule has 1 saturated heterocycles. The first-order valence-electron chi connectivity index (χ1n) is 5.58. The maximum Gasteiger partial charge on any atom is 0.107 e. The Morgan fingerprint density at radius 3 is 3.27 bits per heavy atom. The van der Waals surface area contributed by atoms with Gasteiger partial charge in [-0.2, -0.15) is 0 Å². The zero-order valence-corrected chi connectivity index (χ0v) is 9.93. The van der Waals surface area contributed by atoms with Gasteiger partial charge < -0.3 is 9.88 Å². The molecular formula is C11H18ClN3. The number of nitrogens with one attached hydrogen (secondary N) is 1. The van der Waals surface area contributed by atoms with Crippen molar-refractivity contribution in [2.45, 2.75) is 25.2 Å². The zero-order chi connectivity index (χ0) is 10.7. The maximum absolute atomic E-state index is 5.69. The van der Waals surface area contributed by atoms with Crippen LogP contribution in [0.2, 0.25) is 0 Å². The molecule has 1 aromatic rings. The molecule has 0 aromatic carbocycles. The van der Waals surface area contributed by atoms with E-state index in [2.05, 4.69) is 21.9 Å². The van der Waals surface area contributed by atoms with Crippen molar-refractivity contribution in [3.05, 3.63) is 17.7 Å². The summed E-state index contributed by atoms with van der Waals surface area (Å²) in [6.07, 6.45) is 5.37. The minimum absolute atomic E-state index is 0.625. The Balaban J connectivity index is 2.01. The lowest BCUT2D eigenvalue weighted by Crippen LogP contribution is -2.30. The smallest absolute Gasteiger partial charge is 0.107 e. The van der Waals surface area contributed by atoms with Gasteiger partial charge in [-0.15, -0.1) is 11.6 Å². The molecule has 84 valence electrons. The van der Waals surface area contributed by atoms with Gasteiger partial charge in [0.15, 0.2) is 0 Å². The van der Waals surface area contributed by atoms with Crippen molar-refractivity contribution in [1.29, 1.82) is 0 Å². The first-order chi connectivity index (χ1) is 7.29. The van der Waals surface area contributed by atoms with Crippen molar-refractivity contribution in [2.75, 3.05) is 26.0 Å². The first kappa shape index (κ1) is 11.0. The van der Waals surface area contributed by atoms with Gasteiger partial charge in [0.2, 0.25) is 0 Å². The third-order valence-corrected chi connectivity index (χ3v) is 3.23.